The molecule has 0 aliphatic rings. The number of esters is 3. The van der Waals surface area contributed by atoms with E-state index in [1.54, 1.807) is 0 Å². The molecule has 0 radical (unpaired) electrons. The number of ether oxygens (including phenoxy) is 3. The monoisotopic (exact) mass is 821 g/mol. The molecule has 0 aromatic rings. The van der Waals surface area contributed by atoms with E-state index in [1.165, 1.54) is 199 Å². The minimum absolute atomic E-state index is 0.0637. The van der Waals surface area contributed by atoms with E-state index < -0.39 is 6.10 Å². The third-order valence-electron chi connectivity index (χ3n) is 11.9. The highest BCUT2D eigenvalue weighted by atomic mass is 16.6. The normalized spacial score (nSPS) is 11.8. The number of hydrogen-bond donors (Lipinski definition) is 0. The first-order valence-electron chi connectivity index (χ1n) is 26.0. The van der Waals surface area contributed by atoms with Gasteiger partial charge in [-0.05, 0) is 19.3 Å². The summed E-state index contributed by atoms with van der Waals surface area (Å²) in [5, 5.41) is 0. The van der Waals surface area contributed by atoms with Crippen LogP contribution in [0.3, 0.4) is 0 Å². The van der Waals surface area contributed by atoms with E-state index in [-0.39, 0.29) is 31.1 Å². The van der Waals surface area contributed by atoms with Crippen LogP contribution in [0, 0.1) is 0 Å². The van der Waals surface area contributed by atoms with Gasteiger partial charge < -0.3 is 14.2 Å². The highest BCUT2D eigenvalue weighted by Crippen LogP contribution is 2.17. The summed E-state index contributed by atoms with van der Waals surface area (Å²) in [4.78, 5) is 37.5. The van der Waals surface area contributed by atoms with E-state index in [2.05, 4.69) is 20.8 Å². The van der Waals surface area contributed by atoms with Gasteiger partial charge in [0, 0.05) is 19.3 Å². The summed E-state index contributed by atoms with van der Waals surface area (Å²) < 4.78 is 16.6. The molecule has 0 rings (SSSR count). The summed E-state index contributed by atoms with van der Waals surface area (Å²) in [6, 6.07) is 0. The predicted molar refractivity (Wildman–Crippen MR) is 247 cm³/mol. The van der Waals surface area contributed by atoms with Crippen molar-refractivity contribution in [2.75, 3.05) is 13.2 Å². The fraction of sp³-hybridized carbons (Fsp3) is 0.942. The van der Waals surface area contributed by atoms with Gasteiger partial charge >= 0.3 is 17.9 Å². The smallest absolute Gasteiger partial charge is 0.306 e. The first-order chi connectivity index (χ1) is 28.5. The fourth-order valence-electron chi connectivity index (χ4n) is 7.92. The summed E-state index contributed by atoms with van der Waals surface area (Å²) in [5.41, 5.74) is 0. The second-order valence-corrected chi connectivity index (χ2v) is 17.8. The van der Waals surface area contributed by atoms with Crippen LogP contribution in [0.25, 0.3) is 0 Å². The Bertz CT molecular complexity index is 859. The third-order valence-corrected chi connectivity index (χ3v) is 11.9. The lowest BCUT2D eigenvalue weighted by molar-refractivity contribution is -0.167. The van der Waals surface area contributed by atoms with Gasteiger partial charge in [0.05, 0.1) is 0 Å². The van der Waals surface area contributed by atoms with Gasteiger partial charge in [-0.25, -0.2) is 0 Å². The molecule has 0 aliphatic carbocycles. The van der Waals surface area contributed by atoms with Crippen molar-refractivity contribution in [1.82, 2.24) is 0 Å². The first kappa shape index (κ1) is 56.4. The molecule has 0 heterocycles. The molecule has 0 bridgehead atoms. The van der Waals surface area contributed by atoms with Crippen molar-refractivity contribution in [3.63, 3.8) is 0 Å². The number of hydrogen-bond acceptors (Lipinski definition) is 6. The van der Waals surface area contributed by atoms with Gasteiger partial charge in [-0.15, -0.1) is 0 Å². The Hall–Kier alpha value is -1.59. The van der Waals surface area contributed by atoms with Crippen molar-refractivity contribution in [3.8, 4) is 0 Å². The molecule has 58 heavy (non-hydrogen) atoms. The van der Waals surface area contributed by atoms with Crippen molar-refractivity contribution in [1.29, 1.82) is 0 Å². The summed E-state index contributed by atoms with van der Waals surface area (Å²) in [6.45, 7) is 6.58. The molecule has 6 heteroatoms. The molecule has 0 amide bonds. The zero-order valence-electron chi connectivity index (χ0n) is 39.3. The highest BCUT2D eigenvalue weighted by molar-refractivity contribution is 5.71. The van der Waals surface area contributed by atoms with Crippen LogP contribution in [0.2, 0.25) is 0 Å². The van der Waals surface area contributed by atoms with Crippen LogP contribution in [0.4, 0.5) is 0 Å². The third kappa shape index (κ3) is 45.5. The zero-order valence-corrected chi connectivity index (χ0v) is 39.3. The van der Waals surface area contributed by atoms with Crippen LogP contribution in [0.15, 0.2) is 0 Å². The number of rotatable bonds is 48. The Balaban J connectivity index is 3.90. The maximum absolute atomic E-state index is 12.6. The van der Waals surface area contributed by atoms with E-state index in [0.29, 0.717) is 19.3 Å². The molecule has 0 fully saturated rings. The van der Waals surface area contributed by atoms with Crippen LogP contribution in [-0.4, -0.2) is 37.2 Å². The average Bonchev–Trinajstić information content (AvgIpc) is 3.22. The lowest BCUT2D eigenvalue weighted by atomic mass is 10.0. The SMILES string of the molecule is CCCCCCCCCCCCCCCCCCCCCCCCCCCCC(=O)OCC(COC(=O)CCCCCCCC)OC(=O)CCCCCCCCCC. The maximum atomic E-state index is 12.6. The van der Waals surface area contributed by atoms with E-state index >= 15 is 0 Å². The van der Waals surface area contributed by atoms with Crippen molar-refractivity contribution >= 4 is 17.9 Å². The number of unbranched alkanes of at least 4 members (excludes halogenated alkanes) is 37. The molecule has 0 aromatic carbocycles. The summed E-state index contributed by atoms with van der Waals surface area (Å²) >= 11 is 0. The second kappa shape index (κ2) is 48.1. The molecule has 0 saturated carbocycles. The molecule has 1 atom stereocenters. The number of carbonyl (C=O) groups is 3. The van der Waals surface area contributed by atoms with Gasteiger partial charge in [0.2, 0.25) is 0 Å². The first-order valence-corrected chi connectivity index (χ1v) is 26.0. The molecular formula is C52H100O6. The maximum Gasteiger partial charge on any atom is 0.306 e. The fourth-order valence-corrected chi connectivity index (χ4v) is 7.92. The van der Waals surface area contributed by atoms with Crippen LogP contribution >= 0.6 is 0 Å². The molecule has 1 unspecified atom stereocenters. The molecule has 344 valence electrons. The highest BCUT2D eigenvalue weighted by Gasteiger charge is 2.19. The predicted octanol–water partition coefficient (Wildman–Crippen LogP) is 16.8. The Labute approximate surface area is 361 Å². The lowest BCUT2D eigenvalue weighted by Gasteiger charge is -2.18. The lowest BCUT2D eigenvalue weighted by Crippen LogP contribution is -2.30. The molecule has 0 aliphatic heterocycles. The standard InChI is InChI=1S/C52H100O6/c1-4-7-10-13-16-18-19-20-21-22-23-24-25-26-27-28-29-30-31-32-33-34-35-37-39-42-45-51(54)57-48-49(47-56-50(53)44-41-38-15-12-9-6-3)58-52(55)46-43-40-36-17-14-11-8-5-2/h49H,4-48H2,1-3H3. The van der Waals surface area contributed by atoms with Gasteiger partial charge in [0.25, 0.3) is 0 Å². The van der Waals surface area contributed by atoms with E-state index in [0.717, 1.165) is 57.8 Å². The quantitative estimate of drug-likeness (QED) is 0.0346. The minimum Gasteiger partial charge on any atom is -0.462 e. The van der Waals surface area contributed by atoms with Crippen LogP contribution in [-0.2, 0) is 28.6 Å². The molecule has 0 saturated heterocycles. The van der Waals surface area contributed by atoms with Crippen LogP contribution in [0.5, 0.6) is 0 Å². The Kier molecular flexibility index (Phi) is 46.8. The van der Waals surface area contributed by atoms with Crippen molar-refractivity contribution in [3.05, 3.63) is 0 Å². The minimum atomic E-state index is -0.757. The van der Waals surface area contributed by atoms with Gasteiger partial charge in [-0.2, -0.15) is 0 Å². The van der Waals surface area contributed by atoms with E-state index in [1.807, 2.05) is 0 Å². The van der Waals surface area contributed by atoms with Crippen LogP contribution in [0.1, 0.15) is 297 Å². The molecule has 0 aromatic heterocycles. The largest absolute Gasteiger partial charge is 0.462 e. The van der Waals surface area contributed by atoms with Crippen molar-refractivity contribution < 1.29 is 28.6 Å². The van der Waals surface area contributed by atoms with E-state index in [9.17, 15) is 14.4 Å². The number of carbonyl (C=O) groups excluding carboxylic acids is 3. The van der Waals surface area contributed by atoms with Gasteiger partial charge in [-0.3, -0.25) is 14.4 Å². The summed E-state index contributed by atoms with van der Waals surface area (Å²) in [5.74, 6) is -0.863. The van der Waals surface area contributed by atoms with Gasteiger partial charge in [0.1, 0.15) is 13.2 Å². The Morgan fingerprint density at radius 2 is 0.466 bits per heavy atom. The zero-order chi connectivity index (χ0) is 42.3. The van der Waals surface area contributed by atoms with Crippen molar-refractivity contribution in [2.45, 2.75) is 303 Å². The van der Waals surface area contributed by atoms with E-state index in [4.69, 9.17) is 14.2 Å². The molecule has 0 spiro atoms. The average molecular weight is 821 g/mol. The van der Waals surface area contributed by atoms with Crippen LogP contribution < -0.4 is 0 Å². The summed E-state index contributed by atoms with van der Waals surface area (Å²) in [6.07, 6.45) is 51.5. The van der Waals surface area contributed by atoms with Crippen molar-refractivity contribution in [2.24, 2.45) is 0 Å². The molecule has 6 nitrogen and oxygen atoms in total. The molecule has 0 N–H and O–H groups in total. The Morgan fingerprint density at radius 1 is 0.276 bits per heavy atom. The van der Waals surface area contributed by atoms with Gasteiger partial charge in [0.15, 0.2) is 6.10 Å². The topological polar surface area (TPSA) is 78.9 Å². The summed E-state index contributed by atoms with van der Waals surface area (Å²) in [7, 11) is 0. The molecular weight excluding hydrogens is 721 g/mol. The second-order valence-electron chi connectivity index (χ2n) is 17.8. The Morgan fingerprint density at radius 3 is 0.690 bits per heavy atom. The van der Waals surface area contributed by atoms with Gasteiger partial charge in [-0.1, -0.05) is 258 Å².